The SMILES string of the molecule is CC(=O)Cc1nc(C(=O)O)c2cccc(N)n12. The predicted molar refractivity (Wildman–Crippen MR) is 60.9 cm³/mol. The number of hydrogen-bond donors (Lipinski definition) is 2. The first kappa shape index (κ1) is 11.1. The van der Waals surface area contributed by atoms with Gasteiger partial charge in [0.2, 0.25) is 0 Å². The smallest absolute Gasteiger partial charge is 0.356 e. The molecule has 0 radical (unpaired) electrons. The van der Waals surface area contributed by atoms with E-state index in [0.717, 1.165) is 0 Å². The van der Waals surface area contributed by atoms with E-state index in [1.54, 1.807) is 18.2 Å². The molecule has 88 valence electrons. The summed E-state index contributed by atoms with van der Waals surface area (Å²) in [5.74, 6) is -0.526. The highest BCUT2D eigenvalue weighted by Gasteiger charge is 2.18. The second kappa shape index (κ2) is 3.89. The molecule has 0 aliphatic rings. The first-order chi connectivity index (χ1) is 8.00. The van der Waals surface area contributed by atoms with E-state index in [-0.39, 0.29) is 17.9 Å². The topological polar surface area (TPSA) is 97.7 Å². The third-order valence-electron chi connectivity index (χ3n) is 2.37. The van der Waals surface area contributed by atoms with Crippen LogP contribution in [0.15, 0.2) is 18.2 Å². The number of nitrogen functional groups attached to an aromatic ring is 1. The van der Waals surface area contributed by atoms with Crippen LogP contribution in [0.5, 0.6) is 0 Å². The van der Waals surface area contributed by atoms with Crippen LogP contribution in [0.1, 0.15) is 23.2 Å². The van der Waals surface area contributed by atoms with Gasteiger partial charge >= 0.3 is 5.97 Å². The van der Waals surface area contributed by atoms with Gasteiger partial charge in [-0.2, -0.15) is 0 Å². The van der Waals surface area contributed by atoms with Crippen molar-refractivity contribution in [1.29, 1.82) is 0 Å². The van der Waals surface area contributed by atoms with Crippen LogP contribution < -0.4 is 5.73 Å². The summed E-state index contributed by atoms with van der Waals surface area (Å²) in [6.45, 7) is 1.42. The summed E-state index contributed by atoms with van der Waals surface area (Å²) in [6, 6.07) is 4.89. The molecule has 0 saturated heterocycles. The average Bonchev–Trinajstić information content (AvgIpc) is 2.57. The number of fused-ring (bicyclic) bond motifs is 1. The maximum Gasteiger partial charge on any atom is 0.356 e. The van der Waals surface area contributed by atoms with Gasteiger partial charge in [0.1, 0.15) is 17.4 Å². The second-order valence-corrected chi connectivity index (χ2v) is 3.73. The maximum absolute atomic E-state index is 11.1. The summed E-state index contributed by atoms with van der Waals surface area (Å²) in [4.78, 5) is 26.1. The van der Waals surface area contributed by atoms with Crippen LogP contribution in [0.25, 0.3) is 5.52 Å². The molecule has 6 heteroatoms. The van der Waals surface area contributed by atoms with E-state index in [4.69, 9.17) is 10.8 Å². The summed E-state index contributed by atoms with van der Waals surface area (Å²) in [7, 11) is 0. The predicted octanol–water partition coefficient (Wildman–Crippen LogP) is 0.746. The fourth-order valence-electron chi connectivity index (χ4n) is 1.73. The Morgan fingerprint density at radius 1 is 1.47 bits per heavy atom. The minimum absolute atomic E-state index is 0.0582. The number of nitrogens with two attached hydrogens (primary N) is 1. The van der Waals surface area contributed by atoms with Crippen molar-refractivity contribution in [1.82, 2.24) is 9.38 Å². The van der Waals surface area contributed by atoms with Gasteiger partial charge in [0, 0.05) is 0 Å². The first-order valence-corrected chi connectivity index (χ1v) is 4.99. The number of carbonyl (C=O) groups excluding carboxylic acids is 1. The van der Waals surface area contributed by atoms with Crippen LogP contribution in [-0.4, -0.2) is 26.2 Å². The van der Waals surface area contributed by atoms with Crippen molar-refractivity contribution < 1.29 is 14.7 Å². The van der Waals surface area contributed by atoms with E-state index in [1.807, 2.05) is 0 Å². The van der Waals surface area contributed by atoms with Crippen molar-refractivity contribution in [2.45, 2.75) is 13.3 Å². The zero-order valence-corrected chi connectivity index (χ0v) is 9.17. The highest BCUT2D eigenvalue weighted by Crippen LogP contribution is 2.18. The Balaban J connectivity index is 2.75. The van der Waals surface area contributed by atoms with E-state index < -0.39 is 5.97 Å². The van der Waals surface area contributed by atoms with Gasteiger partial charge in [-0.3, -0.25) is 9.20 Å². The molecule has 2 aromatic heterocycles. The van der Waals surface area contributed by atoms with Crippen LogP contribution in [-0.2, 0) is 11.2 Å². The van der Waals surface area contributed by atoms with Crippen molar-refractivity contribution in [3.63, 3.8) is 0 Å². The van der Waals surface area contributed by atoms with Gasteiger partial charge in [-0.05, 0) is 19.1 Å². The Morgan fingerprint density at radius 3 is 2.76 bits per heavy atom. The van der Waals surface area contributed by atoms with E-state index >= 15 is 0 Å². The monoisotopic (exact) mass is 233 g/mol. The Kier molecular flexibility index (Phi) is 2.55. The molecule has 0 amide bonds. The molecular weight excluding hydrogens is 222 g/mol. The number of carboxylic acids is 1. The standard InChI is InChI=1S/C11H11N3O3/c1-6(15)5-9-13-10(11(16)17)7-3-2-4-8(12)14(7)9/h2-4H,5,12H2,1H3,(H,16,17). The number of carbonyl (C=O) groups is 2. The summed E-state index contributed by atoms with van der Waals surface area (Å²) >= 11 is 0. The van der Waals surface area contributed by atoms with Crippen molar-refractivity contribution in [2.75, 3.05) is 5.73 Å². The number of aromatic nitrogens is 2. The summed E-state index contributed by atoms with van der Waals surface area (Å²) in [5.41, 5.74) is 6.07. The summed E-state index contributed by atoms with van der Waals surface area (Å²) in [5, 5.41) is 9.02. The molecule has 0 fully saturated rings. The van der Waals surface area contributed by atoms with E-state index in [0.29, 0.717) is 17.2 Å². The number of imidazole rings is 1. The van der Waals surface area contributed by atoms with Gasteiger partial charge in [0.05, 0.1) is 11.9 Å². The molecule has 0 atom stereocenters. The van der Waals surface area contributed by atoms with Crippen molar-refractivity contribution in [3.8, 4) is 0 Å². The Hall–Kier alpha value is -2.37. The van der Waals surface area contributed by atoms with Crippen LogP contribution >= 0.6 is 0 Å². The van der Waals surface area contributed by atoms with Gasteiger partial charge < -0.3 is 10.8 Å². The molecule has 0 saturated carbocycles. The number of nitrogens with zero attached hydrogens (tertiary/aromatic N) is 2. The Bertz CT molecular complexity index is 616. The summed E-state index contributed by atoms with van der Waals surface area (Å²) in [6.07, 6.45) is 0.0582. The third kappa shape index (κ3) is 1.84. The number of rotatable bonds is 3. The number of pyridine rings is 1. The van der Waals surface area contributed by atoms with E-state index in [2.05, 4.69) is 4.98 Å². The quantitative estimate of drug-likeness (QED) is 0.815. The van der Waals surface area contributed by atoms with Crippen LogP contribution in [0.3, 0.4) is 0 Å². The number of ketones is 1. The highest BCUT2D eigenvalue weighted by atomic mass is 16.4. The molecule has 2 aromatic rings. The van der Waals surface area contributed by atoms with E-state index in [1.165, 1.54) is 11.3 Å². The minimum atomic E-state index is -1.14. The largest absolute Gasteiger partial charge is 0.476 e. The van der Waals surface area contributed by atoms with Crippen LogP contribution in [0.2, 0.25) is 0 Å². The number of anilines is 1. The molecule has 2 rings (SSSR count). The third-order valence-corrected chi connectivity index (χ3v) is 2.37. The zero-order valence-electron chi connectivity index (χ0n) is 9.17. The maximum atomic E-state index is 11.1. The lowest BCUT2D eigenvalue weighted by atomic mass is 10.3. The molecule has 0 aromatic carbocycles. The van der Waals surface area contributed by atoms with Crippen LogP contribution in [0.4, 0.5) is 5.82 Å². The van der Waals surface area contributed by atoms with Gasteiger partial charge in [-0.1, -0.05) is 6.07 Å². The van der Waals surface area contributed by atoms with Crippen LogP contribution in [0, 0.1) is 0 Å². The molecule has 0 spiro atoms. The first-order valence-electron chi connectivity index (χ1n) is 4.99. The highest BCUT2D eigenvalue weighted by molar-refractivity contribution is 5.94. The number of aromatic carboxylic acids is 1. The normalized spacial score (nSPS) is 10.6. The molecule has 0 aliphatic carbocycles. The number of carboxylic acid groups (broad SMARTS) is 1. The second-order valence-electron chi connectivity index (χ2n) is 3.73. The molecule has 2 heterocycles. The lowest BCUT2D eigenvalue weighted by Crippen LogP contribution is -2.05. The Morgan fingerprint density at radius 2 is 2.18 bits per heavy atom. The zero-order chi connectivity index (χ0) is 12.6. The number of hydrogen-bond acceptors (Lipinski definition) is 4. The molecule has 6 nitrogen and oxygen atoms in total. The van der Waals surface area contributed by atoms with Gasteiger partial charge in [-0.15, -0.1) is 0 Å². The Labute approximate surface area is 96.7 Å². The van der Waals surface area contributed by atoms with Gasteiger partial charge in [-0.25, -0.2) is 9.78 Å². The molecule has 3 N–H and O–H groups in total. The minimum Gasteiger partial charge on any atom is -0.476 e. The lowest BCUT2D eigenvalue weighted by Gasteiger charge is -2.02. The van der Waals surface area contributed by atoms with E-state index in [9.17, 15) is 9.59 Å². The molecule has 0 unspecified atom stereocenters. The van der Waals surface area contributed by atoms with Crippen molar-refractivity contribution in [3.05, 3.63) is 29.7 Å². The van der Waals surface area contributed by atoms with Gasteiger partial charge in [0.15, 0.2) is 5.69 Å². The van der Waals surface area contributed by atoms with Gasteiger partial charge in [0.25, 0.3) is 0 Å². The average molecular weight is 233 g/mol. The van der Waals surface area contributed by atoms with Crippen molar-refractivity contribution in [2.24, 2.45) is 0 Å². The number of Topliss-reactive ketones (excluding diaryl/α,β-unsaturated/α-hetero) is 1. The molecule has 17 heavy (non-hydrogen) atoms. The molecule has 0 aliphatic heterocycles. The molecule has 0 bridgehead atoms. The fraction of sp³-hybridized carbons (Fsp3) is 0.182. The summed E-state index contributed by atoms with van der Waals surface area (Å²) < 4.78 is 1.49. The molecular formula is C11H11N3O3. The van der Waals surface area contributed by atoms with Crippen molar-refractivity contribution >= 4 is 23.1 Å². The lowest BCUT2D eigenvalue weighted by molar-refractivity contribution is -0.116. The fourth-order valence-corrected chi connectivity index (χ4v) is 1.73.